The summed E-state index contributed by atoms with van der Waals surface area (Å²) in [6.45, 7) is 2.75. The summed E-state index contributed by atoms with van der Waals surface area (Å²) >= 11 is 0. The molecule has 1 atom stereocenters. The summed E-state index contributed by atoms with van der Waals surface area (Å²) in [6.07, 6.45) is 1.49. The third-order valence-corrected chi connectivity index (χ3v) is 2.87. The highest BCUT2D eigenvalue weighted by Crippen LogP contribution is 2.18. The summed E-state index contributed by atoms with van der Waals surface area (Å²) in [4.78, 5) is 0. The van der Waals surface area contributed by atoms with Gasteiger partial charge in [0.05, 0.1) is 19.0 Å². The summed E-state index contributed by atoms with van der Waals surface area (Å²) in [6, 6.07) is 12.4. The first kappa shape index (κ1) is 11.7. The van der Waals surface area contributed by atoms with E-state index < -0.39 is 0 Å². The van der Waals surface area contributed by atoms with Crippen molar-refractivity contribution in [2.24, 2.45) is 0 Å². The average Bonchev–Trinajstić information content (AvgIpc) is 2.77. The average molecular weight is 228 g/mol. The molecular weight excluding hydrogens is 212 g/mol. The smallest absolute Gasteiger partial charge is 0.134 e. The maximum Gasteiger partial charge on any atom is 0.134 e. The number of hydrogen-bond acceptors (Lipinski definition) is 3. The molecule has 0 aliphatic heterocycles. The number of hydrogen-bond donors (Lipinski definition) is 1. The normalized spacial score (nSPS) is 12.5. The van der Waals surface area contributed by atoms with Gasteiger partial charge in [0.25, 0.3) is 0 Å². The quantitative estimate of drug-likeness (QED) is 0.854. The van der Waals surface area contributed by atoms with Crippen LogP contribution in [0.1, 0.15) is 25.5 Å². The third-order valence-electron chi connectivity index (χ3n) is 2.87. The molecule has 0 radical (unpaired) electrons. The second kappa shape index (κ2) is 5.51. The molecule has 1 heterocycles. The Kier molecular flexibility index (Phi) is 3.79. The lowest BCUT2D eigenvalue weighted by atomic mass is 10.1. The number of nitrogens with one attached hydrogen (secondary N) is 1. The van der Waals surface area contributed by atoms with Crippen molar-refractivity contribution in [2.45, 2.75) is 32.4 Å². The fourth-order valence-corrected chi connectivity index (χ4v) is 1.84. The van der Waals surface area contributed by atoms with Crippen LogP contribution in [0.25, 0.3) is 11.0 Å². The highest BCUT2D eigenvalue weighted by Gasteiger charge is 2.07. The van der Waals surface area contributed by atoms with Crippen LogP contribution in [-0.2, 0) is 6.54 Å². The van der Waals surface area contributed by atoms with Gasteiger partial charge in [0.1, 0.15) is 11.3 Å². The van der Waals surface area contributed by atoms with Gasteiger partial charge in [0.2, 0.25) is 0 Å². The van der Waals surface area contributed by atoms with E-state index in [4.69, 9.17) is 9.68 Å². The Balaban J connectivity index is 2.01. The zero-order chi connectivity index (χ0) is 12.1. The lowest BCUT2D eigenvalue weighted by Crippen LogP contribution is -2.27. The summed E-state index contributed by atoms with van der Waals surface area (Å²) in [5.74, 6) is 0.919. The molecule has 1 unspecified atom stereocenters. The first-order valence-corrected chi connectivity index (χ1v) is 5.91. The van der Waals surface area contributed by atoms with Crippen molar-refractivity contribution < 1.29 is 4.42 Å². The highest BCUT2D eigenvalue weighted by atomic mass is 16.3. The second-order valence-electron chi connectivity index (χ2n) is 4.10. The summed E-state index contributed by atoms with van der Waals surface area (Å²) in [5, 5.41) is 13.1. The Labute approximate surface area is 101 Å². The predicted molar refractivity (Wildman–Crippen MR) is 67.4 cm³/mol. The Bertz CT molecular complexity index is 491. The Morgan fingerprint density at radius 3 is 2.94 bits per heavy atom. The fraction of sp³-hybridized carbons (Fsp3) is 0.357. The number of nitrogens with zero attached hydrogens (tertiary/aromatic N) is 1. The summed E-state index contributed by atoms with van der Waals surface area (Å²) < 4.78 is 5.70. The molecule has 0 fully saturated rings. The molecule has 0 aliphatic carbocycles. The zero-order valence-corrected chi connectivity index (χ0v) is 9.94. The van der Waals surface area contributed by atoms with Gasteiger partial charge in [-0.2, -0.15) is 5.26 Å². The molecule has 0 amide bonds. The van der Waals surface area contributed by atoms with E-state index in [0.29, 0.717) is 13.0 Å². The molecule has 1 N–H and O–H groups in total. The van der Waals surface area contributed by atoms with Crippen molar-refractivity contribution in [3.63, 3.8) is 0 Å². The molecule has 2 rings (SSSR count). The monoisotopic (exact) mass is 228 g/mol. The van der Waals surface area contributed by atoms with E-state index in [1.807, 2.05) is 30.3 Å². The molecule has 0 saturated carbocycles. The number of nitriles is 1. The molecule has 0 bridgehead atoms. The first-order valence-electron chi connectivity index (χ1n) is 5.91. The van der Waals surface area contributed by atoms with E-state index in [1.165, 1.54) is 0 Å². The molecular formula is C14H16N2O. The van der Waals surface area contributed by atoms with Crippen molar-refractivity contribution >= 4 is 11.0 Å². The molecule has 3 nitrogen and oxygen atoms in total. The van der Waals surface area contributed by atoms with E-state index >= 15 is 0 Å². The van der Waals surface area contributed by atoms with Gasteiger partial charge < -0.3 is 9.73 Å². The van der Waals surface area contributed by atoms with Gasteiger partial charge in [-0.1, -0.05) is 25.1 Å². The van der Waals surface area contributed by atoms with Gasteiger partial charge in [-0.25, -0.2) is 0 Å². The largest absolute Gasteiger partial charge is 0.460 e. The zero-order valence-electron chi connectivity index (χ0n) is 9.94. The molecule has 0 aliphatic rings. The van der Waals surface area contributed by atoms with Gasteiger partial charge in [-0.3, -0.25) is 0 Å². The minimum atomic E-state index is 0.244. The Morgan fingerprint density at radius 1 is 1.41 bits per heavy atom. The molecule has 17 heavy (non-hydrogen) atoms. The van der Waals surface area contributed by atoms with Crippen LogP contribution in [-0.4, -0.2) is 6.04 Å². The van der Waals surface area contributed by atoms with E-state index in [0.717, 1.165) is 23.2 Å². The van der Waals surface area contributed by atoms with Crippen LogP contribution in [0.3, 0.4) is 0 Å². The Hall–Kier alpha value is -1.79. The summed E-state index contributed by atoms with van der Waals surface area (Å²) in [5.41, 5.74) is 0.914. The predicted octanol–water partition coefficient (Wildman–Crippen LogP) is 3.21. The number of para-hydroxylation sites is 1. The van der Waals surface area contributed by atoms with Gasteiger partial charge >= 0.3 is 0 Å². The molecule has 3 heteroatoms. The van der Waals surface area contributed by atoms with E-state index in [-0.39, 0.29) is 6.04 Å². The van der Waals surface area contributed by atoms with Gasteiger partial charge in [0.15, 0.2) is 0 Å². The number of rotatable bonds is 5. The van der Waals surface area contributed by atoms with Crippen LogP contribution in [0.15, 0.2) is 34.7 Å². The number of fused-ring (bicyclic) bond motifs is 1. The molecule has 0 spiro atoms. The van der Waals surface area contributed by atoms with Crippen LogP contribution in [0.2, 0.25) is 0 Å². The third kappa shape index (κ3) is 2.86. The van der Waals surface area contributed by atoms with Gasteiger partial charge in [-0.15, -0.1) is 0 Å². The van der Waals surface area contributed by atoms with Crippen molar-refractivity contribution in [1.29, 1.82) is 5.26 Å². The van der Waals surface area contributed by atoms with E-state index in [9.17, 15) is 0 Å². The van der Waals surface area contributed by atoms with Gasteiger partial charge in [0, 0.05) is 11.4 Å². The highest BCUT2D eigenvalue weighted by molar-refractivity contribution is 5.77. The maximum atomic E-state index is 8.67. The topological polar surface area (TPSA) is 49.0 Å². The minimum Gasteiger partial charge on any atom is -0.460 e. The first-order chi connectivity index (χ1) is 8.33. The van der Waals surface area contributed by atoms with Crippen LogP contribution in [0.5, 0.6) is 0 Å². The molecule has 1 aromatic carbocycles. The van der Waals surface area contributed by atoms with Crippen molar-refractivity contribution in [1.82, 2.24) is 5.32 Å². The summed E-state index contributed by atoms with van der Waals surface area (Å²) in [7, 11) is 0. The lowest BCUT2D eigenvalue weighted by Gasteiger charge is -2.11. The Morgan fingerprint density at radius 2 is 2.24 bits per heavy atom. The maximum absolute atomic E-state index is 8.67. The van der Waals surface area contributed by atoms with Crippen LogP contribution in [0, 0.1) is 11.3 Å². The van der Waals surface area contributed by atoms with Crippen molar-refractivity contribution in [2.75, 3.05) is 0 Å². The van der Waals surface area contributed by atoms with Crippen LogP contribution < -0.4 is 5.32 Å². The standard InChI is InChI=1S/C14H16N2O/c1-2-12(7-8-15)16-10-13-9-11-5-3-4-6-14(11)17-13/h3-6,9,12,16H,2,7,10H2,1H3. The van der Waals surface area contributed by atoms with E-state index in [2.05, 4.69) is 18.3 Å². The SMILES string of the molecule is CCC(CC#N)NCc1cc2ccccc2o1. The number of furan rings is 1. The molecule has 1 aromatic heterocycles. The fourth-order valence-electron chi connectivity index (χ4n) is 1.84. The number of benzene rings is 1. The molecule has 88 valence electrons. The molecule has 2 aromatic rings. The van der Waals surface area contributed by atoms with Gasteiger partial charge in [-0.05, 0) is 18.6 Å². The van der Waals surface area contributed by atoms with Crippen LogP contribution >= 0.6 is 0 Å². The van der Waals surface area contributed by atoms with Crippen LogP contribution in [0.4, 0.5) is 0 Å². The van der Waals surface area contributed by atoms with Crippen molar-refractivity contribution in [3.05, 3.63) is 36.1 Å². The minimum absolute atomic E-state index is 0.244. The van der Waals surface area contributed by atoms with E-state index in [1.54, 1.807) is 0 Å². The second-order valence-corrected chi connectivity index (χ2v) is 4.10. The lowest BCUT2D eigenvalue weighted by molar-refractivity contribution is 0.453. The van der Waals surface area contributed by atoms with Crippen molar-refractivity contribution in [3.8, 4) is 6.07 Å². The molecule has 0 saturated heterocycles.